The maximum Gasteiger partial charge on any atom is 0.341 e. The van der Waals surface area contributed by atoms with Crippen LogP contribution in [0.5, 0.6) is 5.75 Å². The molecule has 1 atom stereocenters. The summed E-state index contributed by atoms with van der Waals surface area (Å²) in [6.07, 6.45) is 2.17. The number of nitrogens with zero attached hydrogens (tertiary/aromatic N) is 3. The van der Waals surface area contributed by atoms with Crippen molar-refractivity contribution in [1.29, 1.82) is 0 Å². The maximum absolute atomic E-state index is 13.6. The molecule has 5 N–H and O–H groups in total. The summed E-state index contributed by atoms with van der Waals surface area (Å²) in [7, 11) is 2.90. The molecule has 1 aliphatic carbocycles. The van der Waals surface area contributed by atoms with Gasteiger partial charge in [-0.3, -0.25) is 9.59 Å². The molecule has 0 unspecified atom stereocenters. The van der Waals surface area contributed by atoms with E-state index in [1.54, 1.807) is 25.3 Å². The summed E-state index contributed by atoms with van der Waals surface area (Å²) >= 11 is 0. The first kappa shape index (κ1) is 34.9. The largest absolute Gasteiger partial charge is 0.495 e. The number of nitrogens with two attached hydrogens (primary N) is 1. The zero-order chi connectivity index (χ0) is 36.1. The van der Waals surface area contributed by atoms with Gasteiger partial charge in [0.2, 0.25) is 0 Å². The van der Waals surface area contributed by atoms with Gasteiger partial charge in [-0.05, 0) is 72.4 Å². The van der Waals surface area contributed by atoms with E-state index in [9.17, 15) is 33.1 Å². The number of esters is 1. The van der Waals surface area contributed by atoms with Crippen molar-refractivity contribution in [2.75, 3.05) is 20.0 Å². The number of para-hydroxylation sites is 2. The number of halogens is 2. The van der Waals surface area contributed by atoms with Crippen LogP contribution < -0.4 is 21.1 Å². The van der Waals surface area contributed by atoms with Crippen LogP contribution in [0.4, 0.5) is 14.5 Å². The number of carbonyl (C=O) groups excluding carboxylic acids is 3. The number of aromatic nitrogens is 3. The lowest BCUT2D eigenvalue weighted by molar-refractivity contribution is 0.0598. The Bertz CT molecular complexity index is 2130. The lowest BCUT2D eigenvalue weighted by Crippen LogP contribution is -2.31. The third kappa shape index (κ3) is 7.21. The summed E-state index contributed by atoms with van der Waals surface area (Å²) in [5, 5.41) is 19.0. The average Bonchev–Trinajstić information content (AvgIpc) is 3.73. The van der Waals surface area contributed by atoms with Crippen LogP contribution in [0.25, 0.3) is 5.65 Å². The van der Waals surface area contributed by atoms with Gasteiger partial charge >= 0.3 is 11.9 Å². The minimum atomic E-state index is -1.36. The highest BCUT2D eigenvalue weighted by molar-refractivity contribution is 6.01. The lowest BCUT2D eigenvalue weighted by Gasteiger charge is -2.16. The van der Waals surface area contributed by atoms with Crippen molar-refractivity contribution in [1.82, 2.24) is 25.2 Å². The number of fused-ring (bicyclic) bond motifs is 2. The molecule has 0 bridgehead atoms. The van der Waals surface area contributed by atoms with Crippen LogP contribution in [-0.4, -0.2) is 57.7 Å². The molecule has 0 fully saturated rings. The molecular formula is C35H32F2N6O7. The minimum Gasteiger partial charge on any atom is -0.495 e. The fourth-order valence-corrected chi connectivity index (χ4v) is 5.57. The van der Waals surface area contributed by atoms with E-state index in [2.05, 4.69) is 20.7 Å². The number of nitrogen functional groups attached to an aromatic ring is 1. The molecule has 3 aromatic carbocycles. The first-order valence-electron chi connectivity index (χ1n) is 15.2. The SMILES string of the molecule is COC(=O)c1ccc2c(c1C)CC[C@@H]2NC(=O)c1cc(C(=O)NCc2ccc(F)c(F)c2)nc2c(C(=O)O)cnn12.COc1ccccc1N. The van der Waals surface area contributed by atoms with Gasteiger partial charge in [-0.25, -0.2) is 27.9 Å². The molecule has 0 saturated heterocycles. The van der Waals surface area contributed by atoms with Gasteiger partial charge in [-0.2, -0.15) is 5.10 Å². The molecule has 50 heavy (non-hydrogen) atoms. The lowest BCUT2D eigenvalue weighted by atomic mass is 9.98. The monoisotopic (exact) mass is 686 g/mol. The van der Waals surface area contributed by atoms with Crippen molar-refractivity contribution in [2.45, 2.75) is 32.4 Å². The van der Waals surface area contributed by atoms with Crippen LogP contribution in [0.1, 0.15) is 76.4 Å². The molecule has 6 rings (SSSR count). The summed E-state index contributed by atoms with van der Waals surface area (Å²) in [5.74, 6) is -4.61. The highest BCUT2D eigenvalue weighted by Crippen LogP contribution is 2.35. The molecule has 1 aliphatic rings. The van der Waals surface area contributed by atoms with Crippen LogP contribution >= 0.6 is 0 Å². The number of carboxylic acids is 1. The van der Waals surface area contributed by atoms with Gasteiger partial charge in [0.05, 0.1) is 37.7 Å². The summed E-state index contributed by atoms with van der Waals surface area (Å²) in [6, 6.07) is 14.7. The molecule has 0 radical (unpaired) electrons. The molecule has 15 heteroatoms. The molecule has 0 saturated carbocycles. The molecule has 258 valence electrons. The van der Waals surface area contributed by atoms with Crippen LogP contribution in [0.3, 0.4) is 0 Å². The van der Waals surface area contributed by atoms with Crippen molar-refractivity contribution in [3.8, 4) is 5.75 Å². The Balaban J connectivity index is 0.000000470. The molecule has 13 nitrogen and oxygen atoms in total. The van der Waals surface area contributed by atoms with Crippen molar-refractivity contribution in [3.05, 3.63) is 123 Å². The van der Waals surface area contributed by atoms with E-state index in [-0.39, 0.29) is 34.7 Å². The van der Waals surface area contributed by atoms with Crippen molar-refractivity contribution < 1.29 is 42.5 Å². The number of carboxylic acid groups (broad SMARTS) is 1. The number of aromatic carboxylic acids is 1. The molecule has 2 amide bonds. The van der Waals surface area contributed by atoms with Crippen LogP contribution in [0.2, 0.25) is 0 Å². The van der Waals surface area contributed by atoms with E-state index in [0.717, 1.165) is 45.3 Å². The Kier molecular flexibility index (Phi) is 10.3. The second-order valence-electron chi connectivity index (χ2n) is 11.2. The van der Waals surface area contributed by atoms with Crippen LogP contribution in [-0.2, 0) is 17.7 Å². The Morgan fingerprint density at radius 2 is 1.76 bits per heavy atom. The number of nitrogens with one attached hydrogen (secondary N) is 2. The number of anilines is 1. The molecule has 0 aliphatic heterocycles. The number of rotatable bonds is 8. The van der Waals surface area contributed by atoms with Gasteiger partial charge in [0.15, 0.2) is 17.3 Å². The number of hydrogen-bond acceptors (Lipinski definition) is 9. The standard InChI is InChI=1S/C28H23F2N5O6.C7H9NO/c1-13-15-6-8-21(17(15)5-4-16(13)28(40)41-2)34-26(37)23-10-22(33-24-18(27(38)39)12-32-35(23)24)25(36)31-11-14-3-7-19(29)20(30)9-14;1-9-7-5-3-2-4-6(7)8/h3-5,7,9-10,12,21H,6,8,11H2,1-2H3,(H,31,36)(H,34,37)(H,38,39);2-5H,8H2,1H3/t21-;/m0./s1. The molecule has 2 heterocycles. The maximum atomic E-state index is 13.6. The predicted octanol–water partition coefficient (Wildman–Crippen LogP) is 4.43. The van der Waals surface area contributed by atoms with Gasteiger partial charge in [-0.1, -0.05) is 24.3 Å². The van der Waals surface area contributed by atoms with E-state index < -0.39 is 41.4 Å². The van der Waals surface area contributed by atoms with Gasteiger partial charge in [-0.15, -0.1) is 0 Å². The highest BCUT2D eigenvalue weighted by atomic mass is 19.2. The van der Waals surface area contributed by atoms with Crippen molar-refractivity contribution >= 4 is 35.1 Å². The van der Waals surface area contributed by atoms with Gasteiger partial charge in [0.25, 0.3) is 11.8 Å². The minimum absolute atomic E-state index is 0.142. The second kappa shape index (κ2) is 14.8. The smallest absolute Gasteiger partial charge is 0.341 e. The Morgan fingerprint density at radius 1 is 1.00 bits per heavy atom. The van der Waals surface area contributed by atoms with E-state index >= 15 is 0 Å². The zero-order valence-electron chi connectivity index (χ0n) is 27.1. The summed E-state index contributed by atoms with van der Waals surface area (Å²) in [4.78, 5) is 54.4. The van der Waals surface area contributed by atoms with E-state index in [4.69, 9.17) is 15.2 Å². The van der Waals surface area contributed by atoms with Gasteiger partial charge in [0, 0.05) is 12.6 Å². The van der Waals surface area contributed by atoms with Gasteiger partial charge < -0.3 is 30.9 Å². The topological polar surface area (TPSA) is 187 Å². The van der Waals surface area contributed by atoms with Crippen molar-refractivity contribution in [3.63, 3.8) is 0 Å². The first-order chi connectivity index (χ1) is 23.9. The predicted molar refractivity (Wildman–Crippen MR) is 176 cm³/mol. The number of methoxy groups -OCH3 is 2. The summed E-state index contributed by atoms with van der Waals surface area (Å²) in [5.41, 5.74) is 8.42. The molecular weight excluding hydrogens is 654 g/mol. The summed E-state index contributed by atoms with van der Waals surface area (Å²) < 4.78 is 37.6. The molecule has 5 aromatic rings. The van der Waals surface area contributed by atoms with Crippen LogP contribution in [0.15, 0.2) is 66.9 Å². The normalized spacial score (nSPS) is 13.1. The fraction of sp³-hybridized carbons (Fsp3) is 0.200. The molecule has 2 aromatic heterocycles. The van der Waals surface area contributed by atoms with E-state index in [1.165, 1.54) is 19.2 Å². The quantitative estimate of drug-likeness (QED) is 0.134. The number of hydrogen-bond donors (Lipinski definition) is 4. The fourth-order valence-electron chi connectivity index (χ4n) is 5.57. The number of amides is 2. The van der Waals surface area contributed by atoms with E-state index in [0.29, 0.717) is 24.1 Å². The summed E-state index contributed by atoms with van der Waals surface area (Å²) in [6.45, 7) is 1.63. The second-order valence-corrected chi connectivity index (χ2v) is 11.2. The first-order valence-corrected chi connectivity index (χ1v) is 15.2. The average molecular weight is 687 g/mol. The third-order valence-electron chi connectivity index (χ3n) is 8.15. The number of carbonyl (C=O) groups is 4. The Labute approximate surface area is 284 Å². The molecule has 0 spiro atoms. The number of ether oxygens (including phenoxy) is 2. The number of benzene rings is 3. The van der Waals surface area contributed by atoms with Gasteiger partial charge in [0.1, 0.15) is 22.7 Å². The Hall–Kier alpha value is -6.38. The zero-order valence-corrected chi connectivity index (χ0v) is 27.1. The van der Waals surface area contributed by atoms with Crippen molar-refractivity contribution in [2.24, 2.45) is 0 Å². The Morgan fingerprint density at radius 3 is 2.42 bits per heavy atom. The van der Waals surface area contributed by atoms with E-state index in [1.807, 2.05) is 25.1 Å². The third-order valence-corrected chi connectivity index (χ3v) is 8.15. The highest BCUT2D eigenvalue weighted by Gasteiger charge is 2.30. The van der Waals surface area contributed by atoms with Crippen LogP contribution in [0, 0.1) is 18.6 Å².